The minimum Gasteiger partial charge on any atom is -0.462 e. The highest BCUT2D eigenvalue weighted by Gasteiger charge is 2.42. The normalized spacial score (nSPS) is 15.9. The van der Waals surface area contributed by atoms with Gasteiger partial charge in [0, 0.05) is 16.0 Å². The average molecular weight is 473 g/mol. The molecular formula is C25H32N2O5S. The van der Waals surface area contributed by atoms with E-state index in [-0.39, 0.29) is 17.7 Å². The van der Waals surface area contributed by atoms with E-state index >= 15 is 0 Å². The average Bonchev–Trinajstić information content (AvgIpc) is 3.09. The van der Waals surface area contributed by atoms with E-state index in [1.54, 1.807) is 19.1 Å². The van der Waals surface area contributed by atoms with Crippen molar-refractivity contribution in [2.75, 3.05) is 18.5 Å². The molecule has 0 radical (unpaired) electrons. The monoisotopic (exact) mass is 472 g/mol. The van der Waals surface area contributed by atoms with E-state index in [9.17, 15) is 14.4 Å². The number of carbonyl (C=O) groups is 3. The fourth-order valence-electron chi connectivity index (χ4n) is 4.29. The van der Waals surface area contributed by atoms with Crippen LogP contribution in [0.5, 0.6) is 0 Å². The molecule has 1 amide bonds. The number of benzene rings is 1. The van der Waals surface area contributed by atoms with Gasteiger partial charge >= 0.3 is 11.9 Å². The number of hydrogen-bond acceptors (Lipinski definition) is 7. The van der Waals surface area contributed by atoms with Crippen LogP contribution in [-0.2, 0) is 32.6 Å². The molecule has 0 aliphatic carbocycles. The predicted molar refractivity (Wildman–Crippen MR) is 129 cm³/mol. The molecular weight excluding hydrogens is 440 g/mol. The van der Waals surface area contributed by atoms with Crippen LogP contribution in [0.3, 0.4) is 0 Å². The van der Waals surface area contributed by atoms with E-state index in [4.69, 9.17) is 9.47 Å². The molecule has 2 heterocycles. The fraction of sp³-hybridized carbons (Fsp3) is 0.480. The van der Waals surface area contributed by atoms with Gasteiger partial charge in [-0.1, -0.05) is 19.1 Å². The number of nitrogens with one attached hydrogen (secondary N) is 2. The molecule has 178 valence electrons. The molecule has 0 saturated carbocycles. The summed E-state index contributed by atoms with van der Waals surface area (Å²) in [4.78, 5) is 38.7. The molecule has 1 aromatic heterocycles. The highest BCUT2D eigenvalue weighted by atomic mass is 32.1. The topological polar surface area (TPSA) is 93.7 Å². The van der Waals surface area contributed by atoms with Crippen molar-refractivity contribution in [3.05, 3.63) is 51.4 Å². The van der Waals surface area contributed by atoms with Crippen LogP contribution in [0.25, 0.3) is 0 Å². The Hall–Kier alpha value is -2.71. The van der Waals surface area contributed by atoms with Crippen LogP contribution < -0.4 is 10.6 Å². The molecule has 2 N–H and O–H groups in total. The molecule has 0 bridgehead atoms. The Morgan fingerprint density at radius 1 is 1.03 bits per heavy atom. The van der Waals surface area contributed by atoms with Crippen LogP contribution >= 0.6 is 11.3 Å². The standard InChI is InChI=1S/C25H32N2O5S/c1-7-15-9-11-16(12-10-15)22(29)32-14-18(28)26-21-19(23(30)31-8-2)17-13-24(3,4)27-25(5,6)20(17)33-21/h9-12,27H,7-8,13-14H2,1-6H3,(H,26,28). The van der Waals surface area contributed by atoms with Gasteiger partial charge in [0.2, 0.25) is 0 Å². The Labute approximate surface area is 198 Å². The maximum atomic E-state index is 12.8. The van der Waals surface area contributed by atoms with E-state index in [0.29, 0.717) is 22.5 Å². The summed E-state index contributed by atoms with van der Waals surface area (Å²) in [7, 11) is 0. The number of carbonyl (C=O) groups excluding carboxylic acids is 3. The van der Waals surface area contributed by atoms with Crippen LogP contribution in [0.1, 0.15) is 78.3 Å². The lowest BCUT2D eigenvalue weighted by atomic mass is 9.81. The molecule has 0 spiro atoms. The smallest absolute Gasteiger partial charge is 0.341 e. The van der Waals surface area contributed by atoms with Gasteiger partial charge in [0.25, 0.3) is 5.91 Å². The van der Waals surface area contributed by atoms with Gasteiger partial charge in [-0.25, -0.2) is 9.59 Å². The maximum absolute atomic E-state index is 12.8. The zero-order valence-corrected chi connectivity index (χ0v) is 20.9. The Kier molecular flexibility index (Phi) is 7.29. The summed E-state index contributed by atoms with van der Waals surface area (Å²) in [6, 6.07) is 7.08. The summed E-state index contributed by atoms with van der Waals surface area (Å²) >= 11 is 1.35. The summed E-state index contributed by atoms with van der Waals surface area (Å²) in [5.74, 6) is -1.55. The number of anilines is 1. The molecule has 1 aliphatic rings. The summed E-state index contributed by atoms with van der Waals surface area (Å²) in [5.41, 5.74) is 2.14. The van der Waals surface area contributed by atoms with Crippen molar-refractivity contribution in [1.29, 1.82) is 0 Å². The van der Waals surface area contributed by atoms with Gasteiger partial charge in [0.1, 0.15) is 5.00 Å². The van der Waals surface area contributed by atoms with E-state index in [2.05, 4.69) is 38.3 Å². The second-order valence-corrected chi connectivity index (χ2v) is 10.3. The summed E-state index contributed by atoms with van der Waals surface area (Å²) in [6.45, 7) is 11.8. The first-order valence-electron chi connectivity index (χ1n) is 11.2. The van der Waals surface area contributed by atoms with E-state index < -0.39 is 24.5 Å². The van der Waals surface area contributed by atoms with Gasteiger partial charge in [-0.2, -0.15) is 0 Å². The number of aryl methyl sites for hydroxylation is 1. The molecule has 33 heavy (non-hydrogen) atoms. The van der Waals surface area contributed by atoms with Gasteiger partial charge in [-0.3, -0.25) is 4.79 Å². The van der Waals surface area contributed by atoms with Crippen molar-refractivity contribution in [3.8, 4) is 0 Å². The highest BCUT2D eigenvalue weighted by Crippen LogP contribution is 2.45. The third-order valence-electron chi connectivity index (χ3n) is 5.51. The van der Waals surface area contributed by atoms with E-state index in [1.165, 1.54) is 11.3 Å². The SMILES string of the molecule is CCOC(=O)c1c(NC(=O)COC(=O)c2ccc(CC)cc2)sc2c1CC(C)(C)NC2(C)C. The minimum atomic E-state index is -0.573. The van der Waals surface area contributed by atoms with Crippen molar-refractivity contribution in [1.82, 2.24) is 5.32 Å². The number of esters is 2. The van der Waals surface area contributed by atoms with Gasteiger partial charge in [-0.05, 0) is 70.7 Å². The number of ether oxygens (including phenoxy) is 2. The molecule has 0 atom stereocenters. The molecule has 8 heteroatoms. The number of thiophene rings is 1. The first-order chi connectivity index (χ1) is 15.5. The van der Waals surface area contributed by atoms with Crippen LogP contribution in [0.4, 0.5) is 5.00 Å². The quantitative estimate of drug-likeness (QED) is 0.579. The van der Waals surface area contributed by atoms with Crippen molar-refractivity contribution in [2.24, 2.45) is 0 Å². The second kappa shape index (κ2) is 9.65. The predicted octanol–water partition coefficient (Wildman–Crippen LogP) is 4.44. The molecule has 0 saturated heterocycles. The summed E-state index contributed by atoms with van der Waals surface area (Å²) in [6.07, 6.45) is 1.49. The van der Waals surface area contributed by atoms with Gasteiger partial charge in [0.15, 0.2) is 6.61 Å². The zero-order chi connectivity index (χ0) is 24.4. The van der Waals surface area contributed by atoms with Crippen molar-refractivity contribution >= 4 is 34.2 Å². The van der Waals surface area contributed by atoms with Crippen molar-refractivity contribution < 1.29 is 23.9 Å². The summed E-state index contributed by atoms with van der Waals surface area (Å²) in [5, 5.41) is 6.78. The number of fused-ring (bicyclic) bond motifs is 1. The van der Waals surface area contributed by atoms with Gasteiger partial charge in [0.05, 0.1) is 17.7 Å². The number of hydrogen-bond donors (Lipinski definition) is 2. The Morgan fingerprint density at radius 3 is 2.30 bits per heavy atom. The molecule has 1 aromatic carbocycles. The van der Waals surface area contributed by atoms with Crippen molar-refractivity contribution in [3.63, 3.8) is 0 Å². The Balaban J connectivity index is 1.79. The third-order valence-corrected chi connectivity index (χ3v) is 6.98. The van der Waals surface area contributed by atoms with E-state index in [1.807, 2.05) is 19.1 Å². The Morgan fingerprint density at radius 2 is 1.70 bits per heavy atom. The fourth-order valence-corrected chi connectivity index (χ4v) is 5.57. The second-order valence-electron chi connectivity index (χ2n) is 9.32. The number of amides is 1. The molecule has 2 aromatic rings. The third kappa shape index (κ3) is 5.62. The van der Waals surface area contributed by atoms with Crippen LogP contribution in [0, 0.1) is 0 Å². The van der Waals surface area contributed by atoms with Crippen molar-refractivity contribution in [2.45, 2.75) is 65.5 Å². The highest BCUT2D eigenvalue weighted by molar-refractivity contribution is 7.17. The Bertz CT molecular complexity index is 1050. The summed E-state index contributed by atoms with van der Waals surface area (Å²) < 4.78 is 10.5. The first-order valence-corrected chi connectivity index (χ1v) is 12.0. The molecule has 1 aliphatic heterocycles. The molecule has 7 nitrogen and oxygen atoms in total. The van der Waals surface area contributed by atoms with Crippen LogP contribution in [0.2, 0.25) is 0 Å². The van der Waals surface area contributed by atoms with Crippen LogP contribution in [-0.4, -0.2) is 36.6 Å². The van der Waals surface area contributed by atoms with Gasteiger partial charge in [-0.15, -0.1) is 11.3 Å². The first kappa shape index (κ1) is 24.9. The number of rotatable bonds is 7. The molecule has 3 rings (SSSR count). The lowest BCUT2D eigenvalue weighted by Crippen LogP contribution is -2.55. The van der Waals surface area contributed by atoms with Crippen LogP contribution in [0.15, 0.2) is 24.3 Å². The molecule has 0 fully saturated rings. The maximum Gasteiger partial charge on any atom is 0.341 e. The minimum absolute atomic E-state index is 0.232. The molecule has 0 unspecified atom stereocenters. The lowest BCUT2D eigenvalue weighted by Gasteiger charge is -2.42. The lowest BCUT2D eigenvalue weighted by molar-refractivity contribution is -0.119. The van der Waals surface area contributed by atoms with Gasteiger partial charge < -0.3 is 20.1 Å². The van der Waals surface area contributed by atoms with E-state index in [0.717, 1.165) is 22.4 Å². The largest absolute Gasteiger partial charge is 0.462 e. The zero-order valence-electron chi connectivity index (χ0n) is 20.1.